The summed E-state index contributed by atoms with van der Waals surface area (Å²) in [6.45, 7) is 2.16. The monoisotopic (exact) mass is 299 g/mol. The Labute approximate surface area is 111 Å². The van der Waals surface area contributed by atoms with Crippen molar-refractivity contribution in [1.82, 2.24) is 5.32 Å². The van der Waals surface area contributed by atoms with Gasteiger partial charge in [0.2, 0.25) is 0 Å². The first-order valence-electron chi connectivity index (χ1n) is 5.89. The first kappa shape index (κ1) is 12.7. The average molecular weight is 300 g/mol. The highest BCUT2D eigenvalue weighted by Gasteiger charge is 2.21. The smallest absolute Gasteiger partial charge is 0.175 e. The Morgan fingerprint density at radius 1 is 1.29 bits per heavy atom. The molecule has 1 saturated heterocycles. The van der Waals surface area contributed by atoms with Crippen molar-refractivity contribution in [2.24, 2.45) is 0 Å². The Balaban J connectivity index is 2.34. The molecule has 0 aliphatic carbocycles. The molecule has 1 heterocycles. The van der Waals surface area contributed by atoms with Crippen LogP contribution in [-0.2, 0) is 0 Å². The van der Waals surface area contributed by atoms with Crippen molar-refractivity contribution < 1.29 is 9.47 Å². The third-order valence-electron chi connectivity index (χ3n) is 3.25. The molecule has 1 aromatic rings. The lowest BCUT2D eigenvalue weighted by molar-refractivity contribution is 0.351. The molecule has 1 N–H and O–H groups in total. The fourth-order valence-corrected chi connectivity index (χ4v) is 3.15. The van der Waals surface area contributed by atoms with Gasteiger partial charge >= 0.3 is 0 Å². The second-order valence-corrected chi connectivity index (χ2v) is 5.04. The normalized spacial score (nSPS) is 20.1. The number of ether oxygens (including phenoxy) is 2. The molecule has 3 nitrogen and oxygen atoms in total. The lowest BCUT2D eigenvalue weighted by atomic mass is 9.91. The van der Waals surface area contributed by atoms with Gasteiger partial charge in [0.15, 0.2) is 11.5 Å². The molecule has 2 rings (SSSR count). The standard InChI is InChI=1S/C13H18BrNO2/c1-16-11-6-5-10(12(14)13(11)17-2)9-4-3-7-15-8-9/h5-6,9,15H,3-4,7-8H2,1-2H3. The van der Waals surface area contributed by atoms with Crippen LogP contribution in [0.5, 0.6) is 11.5 Å². The highest BCUT2D eigenvalue weighted by molar-refractivity contribution is 9.10. The van der Waals surface area contributed by atoms with E-state index in [1.807, 2.05) is 6.07 Å². The fourth-order valence-electron chi connectivity index (χ4n) is 2.34. The summed E-state index contributed by atoms with van der Waals surface area (Å²) in [5.74, 6) is 2.11. The van der Waals surface area contributed by atoms with Gasteiger partial charge in [-0.3, -0.25) is 0 Å². The number of methoxy groups -OCH3 is 2. The van der Waals surface area contributed by atoms with Crippen LogP contribution < -0.4 is 14.8 Å². The first-order valence-corrected chi connectivity index (χ1v) is 6.68. The van der Waals surface area contributed by atoms with Gasteiger partial charge in [0, 0.05) is 6.54 Å². The Morgan fingerprint density at radius 3 is 2.71 bits per heavy atom. The lowest BCUT2D eigenvalue weighted by Crippen LogP contribution is -2.28. The Hall–Kier alpha value is -0.740. The molecule has 1 aliphatic heterocycles. The number of hydrogen-bond donors (Lipinski definition) is 1. The van der Waals surface area contributed by atoms with Gasteiger partial charge in [0.1, 0.15) is 0 Å². The molecule has 1 aliphatic rings. The molecule has 1 atom stereocenters. The van der Waals surface area contributed by atoms with Crippen LogP contribution in [0, 0.1) is 0 Å². The second kappa shape index (κ2) is 5.74. The summed E-state index contributed by atoms with van der Waals surface area (Å²) in [5, 5.41) is 3.43. The maximum atomic E-state index is 5.41. The molecule has 0 spiro atoms. The molecule has 0 radical (unpaired) electrons. The zero-order chi connectivity index (χ0) is 12.3. The number of benzene rings is 1. The topological polar surface area (TPSA) is 30.5 Å². The predicted molar refractivity (Wildman–Crippen MR) is 72.1 cm³/mol. The summed E-state index contributed by atoms with van der Waals surface area (Å²) in [5.41, 5.74) is 1.30. The van der Waals surface area contributed by atoms with Crippen LogP contribution in [-0.4, -0.2) is 27.3 Å². The third kappa shape index (κ3) is 2.58. The van der Waals surface area contributed by atoms with Crippen molar-refractivity contribution in [1.29, 1.82) is 0 Å². The molecule has 0 saturated carbocycles. The van der Waals surface area contributed by atoms with Crippen LogP contribution in [0.4, 0.5) is 0 Å². The summed E-state index contributed by atoms with van der Waals surface area (Å²) < 4.78 is 11.7. The summed E-state index contributed by atoms with van der Waals surface area (Å²) >= 11 is 3.64. The van der Waals surface area contributed by atoms with E-state index in [2.05, 4.69) is 27.3 Å². The van der Waals surface area contributed by atoms with Gasteiger partial charge in [0.25, 0.3) is 0 Å². The van der Waals surface area contributed by atoms with Crippen LogP contribution in [0.2, 0.25) is 0 Å². The average Bonchev–Trinajstić information content (AvgIpc) is 2.39. The molecule has 0 amide bonds. The van der Waals surface area contributed by atoms with Crippen molar-refractivity contribution in [2.75, 3.05) is 27.3 Å². The van der Waals surface area contributed by atoms with Gasteiger partial charge in [0.05, 0.1) is 18.7 Å². The molecular weight excluding hydrogens is 282 g/mol. The summed E-state index contributed by atoms with van der Waals surface area (Å²) in [4.78, 5) is 0. The number of hydrogen-bond acceptors (Lipinski definition) is 3. The second-order valence-electron chi connectivity index (χ2n) is 4.25. The van der Waals surface area contributed by atoms with Gasteiger partial charge < -0.3 is 14.8 Å². The van der Waals surface area contributed by atoms with Gasteiger partial charge in [-0.15, -0.1) is 0 Å². The van der Waals surface area contributed by atoms with E-state index in [9.17, 15) is 0 Å². The van der Waals surface area contributed by atoms with Gasteiger partial charge in [-0.1, -0.05) is 6.07 Å². The van der Waals surface area contributed by atoms with Gasteiger partial charge in [-0.2, -0.15) is 0 Å². The van der Waals surface area contributed by atoms with Crippen LogP contribution in [0.25, 0.3) is 0 Å². The molecule has 1 aromatic carbocycles. The maximum Gasteiger partial charge on any atom is 0.175 e. The van der Waals surface area contributed by atoms with Crippen molar-refractivity contribution in [3.63, 3.8) is 0 Å². The van der Waals surface area contributed by atoms with Crippen molar-refractivity contribution in [2.45, 2.75) is 18.8 Å². The largest absolute Gasteiger partial charge is 0.493 e. The Kier molecular flexibility index (Phi) is 4.29. The predicted octanol–water partition coefficient (Wildman–Crippen LogP) is 2.93. The highest BCUT2D eigenvalue weighted by Crippen LogP contribution is 2.41. The van der Waals surface area contributed by atoms with Gasteiger partial charge in [-0.25, -0.2) is 0 Å². The van der Waals surface area contributed by atoms with E-state index in [1.54, 1.807) is 14.2 Å². The zero-order valence-electron chi connectivity index (χ0n) is 10.3. The number of halogens is 1. The van der Waals surface area contributed by atoms with E-state index in [-0.39, 0.29) is 0 Å². The summed E-state index contributed by atoms with van der Waals surface area (Å²) in [7, 11) is 3.33. The van der Waals surface area contributed by atoms with E-state index >= 15 is 0 Å². The SMILES string of the molecule is COc1ccc(C2CCCNC2)c(Br)c1OC. The van der Waals surface area contributed by atoms with Crippen molar-refractivity contribution in [3.8, 4) is 11.5 Å². The van der Waals surface area contributed by atoms with E-state index in [1.165, 1.54) is 18.4 Å². The van der Waals surface area contributed by atoms with Gasteiger partial charge in [-0.05, 0) is 52.9 Å². The molecule has 1 unspecified atom stereocenters. The summed E-state index contributed by atoms with van der Waals surface area (Å²) in [6, 6.07) is 4.11. The minimum atomic E-state index is 0.554. The zero-order valence-corrected chi connectivity index (χ0v) is 11.8. The molecule has 0 aromatic heterocycles. The number of nitrogens with one attached hydrogen (secondary N) is 1. The minimum absolute atomic E-state index is 0.554. The Morgan fingerprint density at radius 2 is 2.12 bits per heavy atom. The van der Waals surface area contributed by atoms with Crippen LogP contribution >= 0.6 is 15.9 Å². The summed E-state index contributed by atoms with van der Waals surface area (Å²) in [6.07, 6.45) is 2.45. The molecule has 4 heteroatoms. The van der Waals surface area contributed by atoms with Crippen molar-refractivity contribution in [3.05, 3.63) is 22.2 Å². The molecule has 1 fully saturated rings. The lowest BCUT2D eigenvalue weighted by Gasteiger charge is -2.25. The molecule has 0 bridgehead atoms. The van der Waals surface area contributed by atoms with E-state index in [0.29, 0.717) is 5.92 Å². The third-order valence-corrected chi connectivity index (χ3v) is 4.07. The number of rotatable bonds is 3. The van der Waals surface area contributed by atoms with E-state index in [0.717, 1.165) is 29.1 Å². The quantitative estimate of drug-likeness (QED) is 0.931. The van der Waals surface area contributed by atoms with E-state index < -0.39 is 0 Å². The molecular formula is C13H18BrNO2. The first-order chi connectivity index (χ1) is 8.27. The number of piperidine rings is 1. The minimum Gasteiger partial charge on any atom is -0.493 e. The van der Waals surface area contributed by atoms with Crippen LogP contribution in [0.1, 0.15) is 24.3 Å². The molecule has 94 valence electrons. The molecule has 17 heavy (non-hydrogen) atoms. The van der Waals surface area contributed by atoms with Crippen LogP contribution in [0.15, 0.2) is 16.6 Å². The Bertz CT molecular complexity index is 389. The fraction of sp³-hybridized carbons (Fsp3) is 0.538. The van der Waals surface area contributed by atoms with Crippen molar-refractivity contribution >= 4 is 15.9 Å². The maximum absolute atomic E-state index is 5.41. The highest BCUT2D eigenvalue weighted by atomic mass is 79.9. The van der Waals surface area contributed by atoms with E-state index in [4.69, 9.17) is 9.47 Å². The van der Waals surface area contributed by atoms with Crippen LogP contribution in [0.3, 0.4) is 0 Å².